The zero-order valence-electron chi connectivity index (χ0n) is 12.1. The fraction of sp³-hybridized carbons (Fsp3) is 0.375. The van der Waals surface area contributed by atoms with Crippen LogP contribution in [0.2, 0.25) is 0 Å². The van der Waals surface area contributed by atoms with E-state index in [1.165, 1.54) is 5.56 Å². The topological polar surface area (TPSA) is 59.6 Å². The van der Waals surface area contributed by atoms with Crippen LogP contribution in [0.5, 0.6) is 5.75 Å². The molecule has 0 spiro atoms. The van der Waals surface area contributed by atoms with Gasteiger partial charge in [-0.25, -0.2) is 0 Å². The number of aryl methyl sites for hydroxylation is 2. The smallest absolute Gasteiger partial charge is 0.120 e. The van der Waals surface area contributed by atoms with Crippen molar-refractivity contribution >= 4 is 5.71 Å². The number of aromatic nitrogens is 2. The third-order valence-corrected chi connectivity index (χ3v) is 3.79. The molecule has 21 heavy (non-hydrogen) atoms. The highest BCUT2D eigenvalue weighted by Gasteiger charge is 2.16. The molecule has 0 bridgehead atoms. The van der Waals surface area contributed by atoms with Crippen LogP contribution in [-0.2, 0) is 19.6 Å². The predicted octanol–water partition coefficient (Wildman–Crippen LogP) is 3.00. The second-order valence-corrected chi connectivity index (χ2v) is 5.21. The van der Waals surface area contributed by atoms with E-state index in [0.29, 0.717) is 6.61 Å². The van der Waals surface area contributed by atoms with Crippen molar-refractivity contribution in [1.29, 1.82) is 0 Å². The van der Waals surface area contributed by atoms with E-state index in [9.17, 15) is 0 Å². The van der Waals surface area contributed by atoms with Crippen molar-refractivity contribution in [1.82, 2.24) is 9.78 Å². The van der Waals surface area contributed by atoms with E-state index in [1.807, 2.05) is 29.2 Å². The first-order valence-electron chi connectivity index (χ1n) is 7.28. The summed E-state index contributed by atoms with van der Waals surface area (Å²) in [6, 6.07) is 6.00. The highest BCUT2D eigenvalue weighted by molar-refractivity contribution is 6.02. The van der Waals surface area contributed by atoms with Gasteiger partial charge in [-0.15, -0.1) is 0 Å². The fourth-order valence-corrected chi connectivity index (χ4v) is 2.64. The summed E-state index contributed by atoms with van der Waals surface area (Å²) >= 11 is 0. The van der Waals surface area contributed by atoms with Crippen molar-refractivity contribution in [2.24, 2.45) is 5.16 Å². The summed E-state index contributed by atoms with van der Waals surface area (Å²) in [5.41, 5.74) is 4.02. The average molecular weight is 285 g/mol. The zero-order chi connectivity index (χ0) is 14.7. The molecule has 1 aliphatic carbocycles. The van der Waals surface area contributed by atoms with Crippen LogP contribution in [0.1, 0.15) is 36.5 Å². The van der Waals surface area contributed by atoms with Gasteiger partial charge in [0, 0.05) is 23.9 Å². The molecule has 1 aliphatic rings. The molecule has 0 radical (unpaired) electrons. The summed E-state index contributed by atoms with van der Waals surface area (Å²) in [6.45, 7) is 3.40. The predicted molar refractivity (Wildman–Crippen MR) is 79.9 cm³/mol. The fourth-order valence-electron chi connectivity index (χ4n) is 2.64. The van der Waals surface area contributed by atoms with Gasteiger partial charge in [0.15, 0.2) is 0 Å². The number of rotatable bonds is 4. The third kappa shape index (κ3) is 2.91. The van der Waals surface area contributed by atoms with Crippen LogP contribution in [0, 0.1) is 0 Å². The summed E-state index contributed by atoms with van der Waals surface area (Å²) in [5, 5.41) is 16.7. The number of benzene rings is 1. The molecule has 110 valence electrons. The first-order chi connectivity index (χ1) is 10.3. The molecule has 0 aliphatic heterocycles. The van der Waals surface area contributed by atoms with Crippen LogP contribution >= 0.6 is 0 Å². The van der Waals surface area contributed by atoms with Gasteiger partial charge in [-0.1, -0.05) is 11.2 Å². The molecular weight excluding hydrogens is 266 g/mol. The Labute approximate surface area is 123 Å². The van der Waals surface area contributed by atoms with Gasteiger partial charge in [0.1, 0.15) is 12.4 Å². The van der Waals surface area contributed by atoms with Crippen molar-refractivity contribution in [3.63, 3.8) is 0 Å². The minimum absolute atomic E-state index is 0.490. The van der Waals surface area contributed by atoms with E-state index in [0.717, 1.165) is 48.4 Å². The van der Waals surface area contributed by atoms with Gasteiger partial charge < -0.3 is 9.94 Å². The first kappa shape index (κ1) is 13.7. The van der Waals surface area contributed by atoms with Crippen LogP contribution in [0.4, 0.5) is 0 Å². The molecular formula is C16H19N3O2. The number of fused-ring (bicyclic) bond motifs is 1. The summed E-state index contributed by atoms with van der Waals surface area (Å²) in [4.78, 5) is 0. The van der Waals surface area contributed by atoms with Gasteiger partial charge in [0.25, 0.3) is 0 Å². The lowest BCUT2D eigenvalue weighted by Crippen LogP contribution is -2.12. The lowest BCUT2D eigenvalue weighted by molar-refractivity contribution is 0.305. The average Bonchev–Trinajstić information content (AvgIpc) is 3.00. The quantitative estimate of drug-likeness (QED) is 0.694. The number of hydrogen-bond acceptors (Lipinski definition) is 4. The molecule has 0 unspecified atom stereocenters. The van der Waals surface area contributed by atoms with E-state index in [-0.39, 0.29) is 0 Å². The Bertz CT molecular complexity index is 661. The van der Waals surface area contributed by atoms with E-state index in [2.05, 4.69) is 23.2 Å². The summed E-state index contributed by atoms with van der Waals surface area (Å²) < 4.78 is 7.70. The molecule has 1 aromatic carbocycles. The molecule has 0 saturated heterocycles. The number of hydrogen-bond donors (Lipinski definition) is 1. The molecule has 1 heterocycles. The van der Waals surface area contributed by atoms with Crippen LogP contribution < -0.4 is 4.74 Å². The second-order valence-electron chi connectivity index (χ2n) is 5.21. The maximum absolute atomic E-state index is 9.10. The third-order valence-electron chi connectivity index (χ3n) is 3.79. The van der Waals surface area contributed by atoms with Gasteiger partial charge in [0.2, 0.25) is 0 Å². The molecule has 0 fully saturated rings. The Hall–Kier alpha value is -2.30. The molecule has 0 atom stereocenters. The van der Waals surface area contributed by atoms with Crippen LogP contribution in [0.25, 0.3) is 0 Å². The van der Waals surface area contributed by atoms with Crippen molar-refractivity contribution in [2.45, 2.75) is 39.3 Å². The lowest BCUT2D eigenvalue weighted by atomic mass is 9.90. The van der Waals surface area contributed by atoms with Gasteiger partial charge in [-0.05, 0) is 43.9 Å². The van der Waals surface area contributed by atoms with E-state index < -0.39 is 0 Å². The highest BCUT2D eigenvalue weighted by Crippen LogP contribution is 2.26. The first-order valence-corrected chi connectivity index (χ1v) is 7.28. The molecule has 5 heteroatoms. The van der Waals surface area contributed by atoms with Crippen molar-refractivity contribution < 1.29 is 9.94 Å². The Morgan fingerprint density at radius 3 is 3.05 bits per heavy atom. The molecule has 1 N–H and O–H groups in total. The number of nitrogens with zero attached hydrogens (tertiary/aromatic N) is 3. The highest BCUT2D eigenvalue weighted by atomic mass is 16.5. The van der Waals surface area contributed by atoms with E-state index in [1.54, 1.807) is 0 Å². The normalized spacial score (nSPS) is 16.0. The Morgan fingerprint density at radius 2 is 2.29 bits per heavy atom. The molecule has 0 saturated carbocycles. The molecule has 0 amide bonds. The van der Waals surface area contributed by atoms with Gasteiger partial charge in [0.05, 0.1) is 11.9 Å². The maximum Gasteiger partial charge on any atom is 0.120 e. The van der Waals surface area contributed by atoms with E-state index in [4.69, 9.17) is 9.94 Å². The molecule has 1 aromatic heterocycles. The standard InChI is InChI=1S/C16H19N3O2/c1-2-19-10-12(9-17-19)11-21-14-7-6-13-4-3-5-16(18-20)15(13)8-14/h6-10,20H,2-5,11H2,1H3/b18-16-. The largest absolute Gasteiger partial charge is 0.489 e. The Balaban J connectivity index is 1.74. The SMILES string of the molecule is CCn1cc(COc2ccc3c(c2)/C(=N\O)CCC3)cn1. The van der Waals surface area contributed by atoms with Gasteiger partial charge >= 0.3 is 0 Å². The molecule has 3 rings (SSSR count). The molecule has 5 nitrogen and oxygen atoms in total. The van der Waals surface area contributed by atoms with Crippen molar-refractivity contribution in [3.05, 3.63) is 47.3 Å². The minimum atomic E-state index is 0.490. The number of ether oxygens (including phenoxy) is 1. The zero-order valence-corrected chi connectivity index (χ0v) is 12.1. The van der Waals surface area contributed by atoms with E-state index >= 15 is 0 Å². The Kier molecular flexibility index (Phi) is 3.90. The van der Waals surface area contributed by atoms with Crippen LogP contribution in [0.3, 0.4) is 0 Å². The number of oxime groups is 1. The molecule has 2 aromatic rings. The van der Waals surface area contributed by atoms with Crippen LogP contribution in [-0.4, -0.2) is 20.7 Å². The summed E-state index contributed by atoms with van der Waals surface area (Å²) in [6.07, 6.45) is 6.68. The summed E-state index contributed by atoms with van der Waals surface area (Å²) in [5.74, 6) is 0.793. The lowest BCUT2D eigenvalue weighted by Gasteiger charge is -2.17. The maximum atomic E-state index is 9.10. The van der Waals surface area contributed by atoms with Crippen molar-refractivity contribution in [2.75, 3.05) is 0 Å². The van der Waals surface area contributed by atoms with Crippen LogP contribution in [0.15, 0.2) is 35.7 Å². The van der Waals surface area contributed by atoms with Crippen molar-refractivity contribution in [3.8, 4) is 5.75 Å². The Morgan fingerprint density at radius 1 is 1.38 bits per heavy atom. The minimum Gasteiger partial charge on any atom is -0.489 e. The monoisotopic (exact) mass is 285 g/mol. The summed E-state index contributed by atoms with van der Waals surface area (Å²) in [7, 11) is 0. The second kappa shape index (κ2) is 5.99. The van der Waals surface area contributed by atoms with Gasteiger partial charge in [-0.2, -0.15) is 5.10 Å². The van der Waals surface area contributed by atoms with Gasteiger partial charge in [-0.3, -0.25) is 4.68 Å².